The van der Waals surface area contributed by atoms with Crippen molar-refractivity contribution in [1.82, 2.24) is 9.88 Å². The highest BCUT2D eigenvalue weighted by atomic mass is 35.5. The topological polar surface area (TPSA) is 106 Å². The fourth-order valence-corrected chi connectivity index (χ4v) is 8.12. The molecule has 0 unspecified atom stereocenters. The lowest BCUT2D eigenvalue weighted by Crippen LogP contribution is -2.74. The monoisotopic (exact) mass is 492 g/mol. The first-order valence-corrected chi connectivity index (χ1v) is 12.8. The number of ether oxygens (including phenoxy) is 1. The van der Waals surface area contributed by atoms with Crippen LogP contribution < -0.4 is 4.74 Å². The van der Waals surface area contributed by atoms with E-state index in [1.54, 1.807) is 12.1 Å². The van der Waals surface area contributed by atoms with Crippen LogP contribution in [0.2, 0.25) is 5.02 Å². The van der Waals surface area contributed by atoms with Crippen LogP contribution in [-0.2, 0) is 18.3 Å². The third-order valence-corrected chi connectivity index (χ3v) is 9.90. The molecule has 5 aliphatic rings. The van der Waals surface area contributed by atoms with Gasteiger partial charge in [0.25, 0.3) is 0 Å². The van der Waals surface area contributed by atoms with Crippen molar-refractivity contribution in [3.05, 3.63) is 57.2 Å². The van der Waals surface area contributed by atoms with Crippen LogP contribution in [0.3, 0.4) is 0 Å². The number of aromatic carboxylic acids is 1. The number of phenols is 1. The summed E-state index contributed by atoms with van der Waals surface area (Å²) >= 11 is 6.56. The summed E-state index contributed by atoms with van der Waals surface area (Å²) in [7, 11) is 0. The van der Waals surface area contributed by atoms with E-state index in [-0.39, 0.29) is 22.4 Å². The molecule has 0 amide bonds. The third-order valence-electron chi connectivity index (χ3n) is 9.50. The summed E-state index contributed by atoms with van der Waals surface area (Å²) in [5, 5.41) is 34.2. The number of phenolic OH excluding ortho intramolecular Hbond substituents is 1. The molecule has 3 aliphatic carbocycles. The van der Waals surface area contributed by atoms with Gasteiger partial charge in [0.05, 0.1) is 32.8 Å². The van der Waals surface area contributed by atoms with E-state index in [1.165, 1.54) is 18.9 Å². The molecule has 7 nitrogen and oxygen atoms in total. The van der Waals surface area contributed by atoms with Crippen LogP contribution in [0.15, 0.2) is 24.3 Å². The number of aromatic amines is 1. The Balaban J connectivity index is 1.40. The summed E-state index contributed by atoms with van der Waals surface area (Å²) < 4.78 is 6.56. The number of carboxylic acid groups (broad SMARTS) is 1. The number of hydrogen-bond acceptors (Lipinski definition) is 5. The largest absolute Gasteiger partial charge is 0.504 e. The Morgan fingerprint density at radius 1 is 1.26 bits per heavy atom. The van der Waals surface area contributed by atoms with Crippen LogP contribution >= 0.6 is 11.6 Å². The number of hydrogen-bond donors (Lipinski definition) is 4. The molecule has 35 heavy (non-hydrogen) atoms. The highest BCUT2D eigenvalue weighted by molar-refractivity contribution is 6.38. The number of rotatable bonds is 3. The van der Waals surface area contributed by atoms with E-state index in [4.69, 9.17) is 16.3 Å². The Bertz CT molecular complexity index is 1480. The first-order valence-electron chi connectivity index (χ1n) is 12.4. The fraction of sp³-hybridized carbons (Fsp3) is 0.444. The predicted molar refractivity (Wildman–Crippen MR) is 128 cm³/mol. The maximum absolute atomic E-state index is 12.8. The van der Waals surface area contributed by atoms with Gasteiger partial charge in [0.15, 0.2) is 17.6 Å². The molecule has 0 radical (unpaired) electrons. The van der Waals surface area contributed by atoms with Gasteiger partial charge in [0, 0.05) is 30.0 Å². The average Bonchev–Trinajstić information content (AvgIpc) is 3.45. The van der Waals surface area contributed by atoms with Gasteiger partial charge in [-0.25, -0.2) is 4.79 Å². The van der Waals surface area contributed by atoms with Crippen LogP contribution in [0.4, 0.5) is 0 Å². The van der Waals surface area contributed by atoms with Crippen LogP contribution in [0.25, 0.3) is 10.9 Å². The lowest BCUT2D eigenvalue weighted by Gasteiger charge is -2.62. The molecule has 4 atom stereocenters. The van der Waals surface area contributed by atoms with E-state index in [2.05, 4.69) is 9.88 Å². The van der Waals surface area contributed by atoms with E-state index < -0.39 is 23.1 Å². The minimum absolute atomic E-state index is 0.0389. The van der Waals surface area contributed by atoms with Gasteiger partial charge in [0.1, 0.15) is 0 Å². The molecule has 8 rings (SSSR count). The van der Waals surface area contributed by atoms with Gasteiger partial charge in [-0.2, -0.15) is 0 Å². The van der Waals surface area contributed by atoms with Crippen LogP contribution in [0.1, 0.15) is 58.1 Å². The summed E-state index contributed by atoms with van der Waals surface area (Å²) in [5.74, 6) is 0.197. The van der Waals surface area contributed by atoms with Gasteiger partial charge in [0.2, 0.25) is 0 Å². The number of likely N-dealkylation sites (tertiary alicyclic amines) is 1. The number of carbonyl (C=O) groups is 1. The number of H-pyrrole nitrogens is 1. The van der Waals surface area contributed by atoms with Crippen molar-refractivity contribution in [2.75, 3.05) is 13.1 Å². The fourth-order valence-electron chi connectivity index (χ4n) is 7.82. The summed E-state index contributed by atoms with van der Waals surface area (Å²) in [4.78, 5) is 17.6. The van der Waals surface area contributed by atoms with Crippen molar-refractivity contribution in [3.8, 4) is 11.5 Å². The summed E-state index contributed by atoms with van der Waals surface area (Å²) in [6.07, 6.45) is 3.86. The molecule has 2 aliphatic heterocycles. The molecule has 1 saturated carbocycles. The van der Waals surface area contributed by atoms with Crippen molar-refractivity contribution in [2.24, 2.45) is 5.92 Å². The molecule has 1 saturated heterocycles. The van der Waals surface area contributed by atoms with Crippen LogP contribution in [0.5, 0.6) is 11.5 Å². The highest BCUT2D eigenvalue weighted by Gasteiger charge is 2.72. The smallest absolute Gasteiger partial charge is 0.337 e. The maximum Gasteiger partial charge on any atom is 0.337 e. The number of nitrogens with zero attached hydrogens (tertiary/aromatic N) is 1. The Morgan fingerprint density at radius 3 is 2.86 bits per heavy atom. The normalized spacial score (nSPS) is 32.3. The Kier molecular flexibility index (Phi) is 3.70. The zero-order chi connectivity index (χ0) is 23.9. The van der Waals surface area contributed by atoms with Gasteiger partial charge in [-0.3, -0.25) is 4.90 Å². The molecule has 1 spiro atoms. The second kappa shape index (κ2) is 6.33. The molecular weight excluding hydrogens is 468 g/mol. The molecule has 2 bridgehead atoms. The number of nitrogens with one attached hydrogen (secondary N) is 1. The zero-order valence-corrected chi connectivity index (χ0v) is 19.7. The van der Waals surface area contributed by atoms with E-state index >= 15 is 0 Å². The van der Waals surface area contributed by atoms with Crippen molar-refractivity contribution >= 4 is 28.5 Å². The minimum Gasteiger partial charge on any atom is -0.504 e. The lowest BCUT2D eigenvalue weighted by molar-refractivity contribution is -0.173. The van der Waals surface area contributed by atoms with Crippen molar-refractivity contribution in [3.63, 3.8) is 0 Å². The number of aromatic hydroxyl groups is 1. The molecule has 4 N–H and O–H groups in total. The lowest BCUT2D eigenvalue weighted by atomic mass is 9.49. The van der Waals surface area contributed by atoms with Gasteiger partial charge < -0.3 is 25.0 Å². The Morgan fingerprint density at radius 2 is 2.09 bits per heavy atom. The van der Waals surface area contributed by atoms with Crippen molar-refractivity contribution in [1.29, 1.82) is 0 Å². The van der Waals surface area contributed by atoms with Crippen molar-refractivity contribution in [2.45, 2.75) is 55.3 Å². The van der Waals surface area contributed by atoms with Gasteiger partial charge in [-0.05, 0) is 61.4 Å². The predicted octanol–water partition coefficient (Wildman–Crippen LogP) is 3.92. The number of fused-ring (bicyclic) bond motifs is 4. The van der Waals surface area contributed by atoms with Crippen molar-refractivity contribution < 1.29 is 24.9 Å². The number of aliphatic hydroxyl groups is 1. The summed E-state index contributed by atoms with van der Waals surface area (Å²) in [6, 6.07) is 6.96. The molecular formula is C27H25ClN2O5. The van der Waals surface area contributed by atoms with E-state index in [9.17, 15) is 20.1 Å². The first-order chi connectivity index (χ1) is 16.8. The number of halogens is 1. The molecule has 3 heterocycles. The quantitative estimate of drug-likeness (QED) is 0.441. The number of aromatic nitrogens is 1. The average molecular weight is 493 g/mol. The van der Waals surface area contributed by atoms with Crippen LogP contribution in [-0.4, -0.2) is 55.9 Å². The molecule has 1 aromatic heterocycles. The van der Waals surface area contributed by atoms with Gasteiger partial charge in [-0.1, -0.05) is 23.7 Å². The van der Waals surface area contributed by atoms with Crippen LogP contribution in [0, 0.1) is 5.92 Å². The van der Waals surface area contributed by atoms with E-state index in [0.717, 1.165) is 47.3 Å². The summed E-state index contributed by atoms with van der Waals surface area (Å²) in [5.41, 5.74) is 2.67. The second-order valence-electron chi connectivity index (χ2n) is 11.1. The number of piperidine rings is 1. The number of benzene rings is 2. The summed E-state index contributed by atoms with van der Waals surface area (Å²) in [6.45, 7) is 1.88. The highest BCUT2D eigenvalue weighted by Crippen LogP contribution is 2.69. The van der Waals surface area contributed by atoms with E-state index in [0.29, 0.717) is 30.0 Å². The maximum atomic E-state index is 12.8. The van der Waals surface area contributed by atoms with E-state index in [1.807, 2.05) is 6.07 Å². The molecule has 3 aromatic rings. The first kappa shape index (κ1) is 20.5. The molecule has 8 heteroatoms. The second-order valence-corrected chi connectivity index (χ2v) is 11.5. The van der Waals surface area contributed by atoms with Gasteiger partial charge >= 0.3 is 5.97 Å². The van der Waals surface area contributed by atoms with Gasteiger partial charge in [-0.15, -0.1) is 0 Å². The Labute approximate surface area is 206 Å². The SMILES string of the molecule is O=C(O)c1ccc2c3c([nH]c2c1Cl)[C@@H]1Oc2c(O)ccc4c2[C@@]12CCN(CC1CC1)[C@H](C4)[C@]2(O)C3. The third kappa shape index (κ3) is 2.28. The Hall–Kier alpha value is -2.74. The minimum atomic E-state index is -1.09. The molecule has 2 fully saturated rings. The zero-order valence-electron chi connectivity index (χ0n) is 19.0. The number of carboxylic acids is 1. The standard InChI is InChI=1S/C27H25ClN2O5/c28-20-15(25(32)33)5-4-14-16-10-27(34)18-9-13-3-6-17(31)23-19(13)26(27,7-8-30(18)11-12-1-2-12)24(35-23)22(16)29-21(14)20/h3-6,12,18,24,29,31,34H,1-2,7-11H2,(H,32,33)/t18-,24+,26+,27-/m1/s1. The molecule has 180 valence electrons. The molecule has 2 aromatic carbocycles.